The lowest BCUT2D eigenvalue weighted by Gasteiger charge is -2.29. The molecule has 1 amide bonds. The predicted octanol–water partition coefficient (Wildman–Crippen LogP) is 4.75. The van der Waals surface area contributed by atoms with Crippen molar-refractivity contribution >= 4 is 60.4 Å². The van der Waals surface area contributed by atoms with E-state index in [0.29, 0.717) is 35.1 Å². The van der Waals surface area contributed by atoms with Crippen molar-refractivity contribution in [2.45, 2.75) is 37.4 Å². The number of aryl methyl sites for hydroxylation is 2. The average molecular weight is 510 g/mol. The van der Waals surface area contributed by atoms with Gasteiger partial charge in [0.1, 0.15) is 4.21 Å². The first-order valence-electron chi connectivity index (χ1n) is 10.3. The first-order valence-corrected chi connectivity index (χ1v) is 13.7. The Kier molecular flexibility index (Phi) is 6.74. The minimum absolute atomic E-state index is 0.130. The summed E-state index contributed by atoms with van der Waals surface area (Å²) in [6.45, 7) is 8.99. The highest BCUT2D eigenvalue weighted by Crippen LogP contribution is 2.31. The summed E-state index contributed by atoms with van der Waals surface area (Å²) >= 11 is 8.44. The van der Waals surface area contributed by atoms with Gasteiger partial charge >= 0.3 is 0 Å². The summed E-state index contributed by atoms with van der Waals surface area (Å²) < 4.78 is 31.0. The molecule has 1 unspecified atom stereocenters. The van der Waals surface area contributed by atoms with E-state index in [2.05, 4.69) is 30.6 Å². The Balaban J connectivity index is 1.66. The number of amides is 1. The molecule has 0 aliphatic carbocycles. The van der Waals surface area contributed by atoms with Gasteiger partial charge in [-0.3, -0.25) is 4.79 Å². The zero-order chi connectivity index (χ0) is 23.0. The molecular formula is C22H24ClN3O3S3. The van der Waals surface area contributed by atoms with E-state index in [9.17, 15) is 13.2 Å². The summed E-state index contributed by atoms with van der Waals surface area (Å²) in [7, 11) is -3.67. The number of carbonyl (C=O) groups excluding carboxylic acids is 1. The summed E-state index contributed by atoms with van der Waals surface area (Å²) in [5.74, 6) is -0.757. The number of thiophene rings is 1. The van der Waals surface area contributed by atoms with Crippen molar-refractivity contribution in [2.24, 2.45) is 10.9 Å². The van der Waals surface area contributed by atoms with Crippen LogP contribution in [-0.4, -0.2) is 36.3 Å². The Morgan fingerprint density at radius 2 is 2.09 bits per heavy atom. The largest absolute Gasteiger partial charge is 0.312 e. The molecule has 0 saturated carbocycles. The maximum absolute atomic E-state index is 13.1. The monoisotopic (exact) mass is 509 g/mol. The lowest BCUT2D eigenvalue weighted by Crippen LogP contribution is -2.42. The van der Waals surface area contributed by atoms with Gasteiger partial charge in [0, 0.05) is 19.6 Å². The topological polar surface area (TPSA) is 71.7 Å². The molecule has 0 N–H and O–H groups in total. The van der Waals surface area contributed by atoms with Crippen LogP contribution >= 0.6 is 34.3 Å². The fourth-order valence-corrected chi connectivity index (χ4v) is 8.27. The summed E-state index contributed by atoms with van der Waals surface area (Å²) in [5, 5.41) is 0. The SMILES string of the molecule is C=CCn1c(=NC(=O)C2CCCN(S(=O)(=O)c3ccc(Cl)s3)C2)sc2c(C)cc(C)cc21. The third-order valence-corrected chi connectivity index (χ3v) is 10.3. The lowest BCUT2D eigenvalue weighted by molar-refractivity contribution is -0.122. The maximum Gasteiger partial charge on any atom is 0.252 e. The molecule has 32 heavy (non-hydrogen) atoms. The number of piperidine rings is 1. The summed E-state index contributed by atoms with van der Waals surface area (Å²) in [6.07, 6.45) is 3.01. The molecule has 1 fully saturated rings. The Morgan fingerprint density at radius 3 is 2.78 bits per heavy atom. The number of sulfonamides is 1. The second-order valence-electron chi connectivity index (χ2n) is 7.92. The molecule has 1 atom stereocenters. The lowest BCUT2D eigenvalue weighted by atomic mass is 9.99. The van der Waals surface area contributed by atoms with E-state index in [-0.39, 0.29) is 16.7 Å². The van der Waals surface area contributed by atoms with Crippen LogP contribution in [0.1, 0.15) is 24.0 Å². The number of halogens is 1. The summed E-state index contributed by atoms with van der Waals surface area (Å²) in [6, 6.07) is 7.29. The van der Waals surface area contributed by atoms with Crippen LogP contribution in [0.15, 0.2) is 46.1 Å². The van der Waals surface area contributed by atoms with Crippen LogP contribution < -0.4 is 4.80 Å². The third-order valence-electron chi connectivity index (χ3n) is 5.51. The Bertz CT molecular complexity index is 1370. The van der Waals surface area contributed by atoms with Gasteiger partial charge in [-0.25, -0.2) is 8.42 Å². The highest BCUT2D eigenvalue weighted by atomic mass is 35.5. The van der Waals surface area contributed by atoms with E-state index in [1.807, 2.05) is 11.5 Å². The average Bonchev–Trinajstić information content (AvgIpc) is 3.33. The highest BCUT2D eigenvalue weighted by molar-refractivity contribution is 7.91. The molecule has 4 rings (SSSR count). The van der Waals surface area contributed by atoms with Gasteiger partial charge in [-0.1, -0.05) is 35.1 Å². The molecule has 0 spiro atoms. The van der Waals surface area contributed by atoms with Crippen LogP contribution in [0, 0.1) is 19.8 Å². The molecule has 1 aliphatic rings. The van der Waals surface area contributed by atoms with Crippen molar-refractivity contribution in [1.29, 1.82) is 0 Å². The van der Waals surface area contributed by atoms with Crippen LogP contribution in [0.25, 0.3) is 10.2 Å². The molecule has 1 aliphatic heterocycles. The molecule has 10 heteroatoms. The van der Waals surface area contributed by atoms with Crippen LogP contribution in [-0.2, 0) is 21.4 Å². The number of hydrogen-bond acceptors (Lipinski definition) is 5. The molecule has 3 aromatic rings. The second-order valence-corrected chi connectivity index (χ2v) is 12.8. The standard InChI is InChI=1S/C22H24ClN3O3S3/c1-4-9-26-17-12-14(2)11-15(3)20(17)31-22(26)24-21(27)16-6-5-10-25(13-16)32(28,29)19-8-7-18(23)30-19/h4,7-8,11-12,16H,1,5-6,9-10,13H2,2-3H3. The summed E-state index contributed by atoms with van der Waals surface area (Å²) in [4.78, 5) is 18.2. The highest BCUT2D eigenvalue weighted by Gasteiger charge is 2.34. The number of carbonyl (C=O) groups is 1. The number of nitrogens with zero attached hydrogens (tertiary/aromatic N) is 3. The van der Waals surface area contributed by atoms with E-state index < -0.39 is 15.9 Å². The van der Waals surface area contributed by atoms with Crippen molar-refractivity contribution in [3.05, 3.63) is 57.2 Å². The number of rotatable bonds is 5. The normalized spacial score (nSPS) is 18.3. The van der Waals surface area contributed by atoms with E-state index in [1.54, 1.807) is 12.1 Å². The molecule has 3 heterocycles. The van der Waals surface area contributed by atoms with Crippen LogP contribution in [0.3, 0.4) is 0 Å². The number of aromatic nitrogens is 1. The van der Waals surface area contributed by atoms with Crippen molar-refractivity contribution < 1.29 is 13.2 Å². The number of fused-ring (bicyclic) bond motifs is 1. The maximum atomic E-state index is 13.1. The van der Waals surface area contributed by atoms with Gasteiger partial charge in [-0.15, -0.1) is 17.9 Å². The third kappa shape index (κ3) is 4.49. The van der Waals surface area contributed by atoms with Crippen molar-refractivity contribution in [3.63, 3.8) is 0 Å². The zero-order valence-corrected chi connectivity index (χ0v) is 21.1. The van der Waals surface area contributed by atoms with E-state index in [4.69, 9.17) is 11.6 Å². The van der Waals surface area contributed by atoms with E-state index in [0.717, 1.165) is 32.7 Å². The Labute approximate surface area is 200 Å². The van der Waals surface area contributed by atoms with Gasteiger partial charge in [0.2, 0.25) is 0 Å². The molecule has 6 nitrogen and oxygen atoms in total. The molecule has 0 radical (unpaired) electrons. The number of allylic oxidation sites excluding steroid dienone is 1. The van der Waals surface area contributed by atoms with Crippen LogP contribution in [0.5, 0.6) is 0 Å². The number of hydrogen-bond donors (Lipinski definition) is 0. The number of thiazole rings is 1. The zero-order valence-electron chi connectivity index (χ0n) is 17.9. The first-order chi connectivity index (χ1) is 15.2. The van der Waals surface area contributed by atoms with Crippen molar-refractivity contribution in [2.75, 3.05) is 13.1 Å². The van der Waals surface area contributed by atoms with Gasteiger partial charge in [-0.05, 0) is 56.0 Å². The Morgan fingerprint density at radius 1 is 1.31 bits per heavy atom. The van der Waals surface area contributed by atoms with Gasteiger partial charge in [-0.2, -0.15) is 9.30 Å². The second kappa shape index (κ2) is 9.23. The van der Waals surface area contributed by atoms with Crippen molar-refractivity contribution in [3.8, 4) is 0 Å². The molecular weight excluding hydrogens is 486 g/mol. The predicted molar refractivity (Wildman–Crippen MR) is 131 cm³/mol. The van der Waals surface area contributed by atoms with Gasteiger partial charge in [0.25, 0.3) is 15.9 Å². The fraction of sp³-hybridized carbons (Fsp3) is 0.364. The van der Waals surface area contributed by atoms with Crippen molar-refractivity contribution in [1.82, 2.24) is 8.87 Å². The smallest absolute Gasteiger partial charge is 0.252 e. The number of benzene rings is 1. The molecule has 1 saturated heterocycles. The Hall–Kier alpha value is -1.78. The van der Waals surface area contributed by atoms with Gasteiger partial charge in [0.05, 0.1) is 20.5 Å². The fourth-order valence-electron chi connectivity index (χ4n) is 4.01. The molecule has 1 aromatic carbocycles. The van der Waals surface area contributed by atoms with Crippen LogP contribution in [0.2, 0.25) is 4.34 Å². The molecule has 170 valence electrons. The van der Waals surface area contributed by atoms with Crippen LogP contribution in [0.4, 0.5) is 0 Å². The molecule has 0 bridgehead atoms. The minimum atomic E-state index is -3.67. The van der Waals surface area contributed by atoms with Gasteiger partial charge < -0.3 is 4.57 Å². The molecule has 2 aromatic heterocycles. The van der Waals surface area contributed by atoms with E-state index in [1.165, 1.54) is 21.7 Å². The van der Waals surface area contributed by atoms with E-state index >= 15 is 0 Å². The minimum Gasteiger partial charge on any atom is -0.312 e. The quantitative estimate of drug-likeness (QED) is 0.466. The van der Waals surface area contributed by atoms with Gasteiger partial charge in [0.15, 0.2) is 4.80 Å². The first kappa shape index (κ1) is 23.4. The summed E-state index contributed by atoms with van der Waals surface area (Å²) in [5.41, 5.74) is 3.31.